The van der Waals surface area contributed by atoms with Gasteiger partial charge in [-0.25, -0.2) is 4.79 Å². The van der Waals surface area contributed by atoms with Crippen molar-refractivity contribution in [2.45, 2.75) is 32.6 Å². The van der Waals surface area contributed by atoms with E-state index in [-0.39, 0.29) is 0 Å². The number of rotatable bonds is 4. The summed E-state index contributed by atoms with van der Waals surface area (Å²) in [6.07, 6.45) is 6.32. The van der Waals surface area contributed by atoms with Crippen LogP contribution in [0, 0.1) is 0 Å². The lowest BCUT2D eigenvalue weighted by Gasteiger charge is -2.01. The Morgan fingerprint density at radius 3 is 3.00 bits per heavy atom. The van der Waals surface area contributed by atoms with Crippen LogP contribution in [-0.4, -0.2) is 4.98 Å². The molecule has 0 aliphatic rings. The van der Waals surface area contributed by atoms with Gasteiger partial charge in [0.1, 0.15) is 5.58 Å². The van der Waals surface area contributed by atoms with Crippen LogP contribution in [0.25, 0.3) is 11.0 Å². The normalized spacial score (nSPS) is 10.8. The molecule has 0 N–H and O–H groups in total. The van der Waals surface area contributed by atoms with Crippen LogP contribution >= 0.6 is 0 Å². The van der Waals surface area contributed by atoms with Crippen LogP contribution in [0.4, 0.5) is 0 Å². The third kappa shape index (κ3) is 2.48. The number of fused-ring (bicyclic) bond motifs is 1. The Morgan fingerprint density at radius 2 is 2.19 bits per heavy atom. The first-order valence-electron chi connectivity index (χ1n) is 5.68. The molecule has 1 aromatic heterocycles. The van der Waals surface area contributed by atoms with Crippen molar-refractivity contribution in [3.63, 3.8) is 0 Å². The molecule has 2 rings (SSSR count). The number of nitrogens with zero attached hydrogens (tertiary/aromatic N) is 1. The third-order valence-corrected chi connectivity index (χ3v) is 2.65. The topological polar surface area (TPSA) is 43.1 Å². The molecule has 0 radical (unpaired) electrons. The van der Waals surface area contributed by atoms with Crippen molar-refractivity contribution in [3.05, 3.63) is 40.5 Å². The zero-order valence-corrected chi connectivity index (χ0v) is 9.40. The summed E-state index contributed by atoms with van der Waals surface area (Å²) in [4.78, 5) is 14.5. The van der Waals surface area contributed by atoms with Gasteiger partial charge in [-0.2, -0.15) is 4.98 Å². The lowest BCUT2D eigenvalue weighted by atomic mass is 10.1. The van der Waals surface area contributed by atoms with Crippen molar-refractivity contribution in [1.82, 2.24) is 4.98 Å². The van der Waals surface area contributed by atoms with E-state index in [0.717, 1.165) is 11.8 Å². The van der Waals surface area contributed by atoms with Gasteiger partial charge in [0.25, 0.3) is 0 Å². The molecular weight excluding hydrogens is 202 g/mol. The average molecular weight is 217 g/mol. The van der Waals surface area contributed by atoms with Gasteiger partial charge in [-0.3, -0.25) is 0 Å². The van der Waals surface area contributed by atoms with Gasteiger partial charge in [0.15, 0.2) is 0 Å². The molecule has 0 aliphatic carbocycles. The van der Waals surface area contributed by atoms with Gasteiger partial charge in [-0.05, 0) is 30.5 Å². The van der Waals surface area contributed by atoms with Crippen LogP contribution in [0.15, 0.2) is 33.6 Å². The standard InChI is InChI=1S/C13H15NO2/c1-2-3-4-5-10-6-7-12-11(8-10)9-14-13(15)16-12/h6-9H,2-5H2,1H3. The molecule has 0 atom stereocenters. The summed E-state index contributed by atoms with van der Waals surface area (Å²) in [5, 5.41) is 0.897. The summed E-state index contributed by atoms with van der Waals surface area (Å²) in [7, 11) is 0. The highest BCUT2D eigenvalue weighted by Gasteiger charge is 1.99. The summed E-state index contributed by atoms with van der Waals surface area (Å²) in [5.74, 6) is -0.536. The molecule has 3 heteroatoms. The Bertz CT molecular complexity index is 531. The van der Waals surface area contributed by atoms with Gasteiger partial charge >= 0.3 is 5.76 Å². The maximum Gasteiger partial charge on any atom is 0.439 e. The summed E-state index contributed by atoms with van der Waals surface area (Å²) in [6, 6.07) is 5.90. The maximum absolute atomic E-state index is 10.9. The van der Waals surface area contributed by atoms with Crippen LogP contribution in [0.2, 0.25) is 0 Å². The molecule has 3 nitrogen and oxygen atoms in total. The van der Waals surface area contributed by atoms with E-state index >= 15 is 0 Å². The van der Waals surface area contributed by atoms with Crippen molar-refractivity contribution in [2.24, 2.45) is 0 Å². The molecule has 2 aromatic rings. The molecule has 0 amide bonds. The maximum atomic E-state index is 10.9. The Kier molecular flexibility index (Phi) is 3.34. The number of benzene rings is 1. The fourth-order valence-corrected chi connectivity index (χ4v) is 1.77. The molecule has 0 saturated carbocycles. The smallest absolute Gasteiger partial charge is 0.408 e. The van der Waals surface area contributed by atoms with Crippen molar-refractivity contribution < 1.29 is 4.42 Å². The number of unbranched alkanes of at least 4 members (excludes halogenated alkanes) is 2. The molecule has 0 bridgehead atoms. The Balaban J connectivity index is 2.23. The molecular formula is C13H15NO2. The molecule has 1 aromatic carbocycles. The Morgan fingerprint density at radius 1 is 1.31 bits per heavy atom. The molecule has 0 unspecified atom stereocenters. The first-order valence-corrected chi connectivity index (χ1v) is 5.68. The second-order valence-electron chi connectivity index (χ2n) is 3.96. The number of hydrogen-bond acceptors (Lipinski definition) is 3. The van der Waals surface area contributed by atoms with E-state index in [4.69, 9.17) is 4.42 Å². The predicted octanol–water partition coefficient (Wildman–Crippen LogP) is 2.92. The van der Waals surface area contributed by atoms with E-state index in [0.29, 0.717) is 5.58 Å². The van der Waals surface area contributed by atoms with E-state index in [1.165, 1.54) is 24.8 Å². The van der Waals surface area contributed by atoms with Gasteiger partial charge in [0.2, 0.25) is 0 Å². The van der Waals surface area contributed by atoms with Gasteiger partial charge in [-0.15, -0.1) is 0 Å². The summed E-state index contributed by atoms with van der Waals surface area (Å²) >= 11 is 0. The van der Waals surface area contributed by atoms with Gasteiger partial charge in [0, 0.05) is 11.6 Å². The van der Waals surface area contributed by atoms with Crippen molar-refractivity contribution in [3.8, 4) is 0 Å². The van der Waals surface area contributed by atoms with Crippen LogP contribution in [0.3, 0.4) is 0 Å². The fraction of sp³-hybridized carbons (Fsp3) is 0.385. The first-order chi connectivity index (χ1) is 7.79. The number of hydrogen-bond donors (Lipinski definition) is 0. The van der Waals surface area contributed by atoms with Crippen LogP contribution in [0.1, 0.15) is 31.7 Å². The highest BCUT2D eigenvalue weighted by Crippen LogP contribution is 2.15. The summed E-state index contributed by atoms with van der Waals surface area (Å²) < 4.78 is 4.98. The Hall–Kier alpha value is -1.64. The van der Waals surface area contributed by atoms with E-state index < -0.39 is 5.76 Å². The molecule has 84 valence electrons. The highest BCUT2D eigenvalue weighted by atomic mass is 16.4. The molecule has 0 saturated heterocycles. The Labute approximate surface area is 94.1 Å². The average Bonchev–Trinajstić information content (AvgIpc) is 2.29. The van der Waals surface area contributed by atoms with Gasteiger partial charge < -0.3 is 4.42 Å². The van der Waals surface area contributed by atoms with E-state index in [1.807, 2.05) is 18.2 Å². The van der Waals surface area contributed by atoms with Crippen molar-refractivity contribution >= 4 is 11.0 Å². The third-order valence-electron chi connectivity index (χ3n) is 2.65. The van der Waals surface area contributed by atoms with Gasteiger partial charge in [-0.1, -0.05) is 25.8 Å². The first kappa shape index (κ1) is 10.9. The zero-order valence-electron chi connectivity index (χ0n) is 9.40. The SMILES string of the molecule is CCCCCc1ccc2oc(=O)ncc2c1. The molecule has 16 heavy (non-hydrogen) atoms. The number of aromatic nitrogens is 1. The monoisotopic (exact) mass is 217 g/mol. The predicted molar refractivity (Wildman–Crippen MR) is 63.5 cm³/mol. The highest BCUT2D eigenvalue weighted by molar-refractivity contribution is 5.76. The summed E-state index contributed by atoms with van der Waals surface area (Å²) in [5.41, 5.74) is 1.89. The molecule has 0 aliphatic heterocycles. The lowest BCUT2D eigenvalue weighted by Crippen LogP contribution is -2.01. The largest absolute Gasteiger partial charge is 0.439 e. The lowest BCUT2D eigenvalue weighted by molar-refractivity contribution is 0.531. The second-order valence-corrected chi connectivity index (χ2v) is 3.96. The number of aryl methyl sites for hydroxylation is 1. The zero-order chi connectivity index (χ0) is 11.4. The fourth-order valence-electron chi connectivity index (χ4n) is 1.77. The van der Waals surface area contributed by atoms with Crippen LogP contribution < -0.4 is 5.76 Å². The van der Waals surface area contributed by atoms with E-state index in [2.05, 4.69) is 11.9 Å². The molecule has 0 spiro atoms. The van der Waals surface area contributed by atoms with E-state index in [9.17, 15) is 4.79 Å². The minimum absolute atomic E-state index is 0.536. The van der Waals surface area contributed by atoms with Crippen molar-refractivity contribution in [1.29, 1.82) is 0 Å². The molecule has 1 heterocycles. The quantitative estimate of drug-likeness (QED) is 0.739. The van der Waals surface area contributed by atoms with Crippen LogP contribution in [0.5, 0.6) is 0 Å². The minimum atomic E-state index is -0.536. The van der Waals surface area contributed by atoms with E-state index in [1.54, 1.807) is 6.20 Å². The second kappa shape index (κ2) is 4.92. The van der Waals surface area contributed by atoms with Crippen LogP contribution in [-0.2, 0) is 6.42 Å². The van der Waals surface area contributed by atoms with Gasteiger partial charge in [0.05, 0.1) is 0 Å². The summed E-state index contributed by atoms with van der Waals surface area (Å²) in [6.45, 7) is 2.19. The molecule has 0 fully saturated rings. The van der Waals surface area contributed by atoms with Crippen molar-refractivity contribution in [2.75, 3.05) is 0 Å². The minimum Gasteiger partial charge on any atom is -0.408 e.